The first-order valence-corrected chi connectivity index (χ1v) is 10.7. The number of fused-ring (bicyclic) bond motifs is 3. The Balaban J connectivity index is 1.44. The molecule has 0 amide bonds. The number of halogens is 2. The summed E-state index contributed by atoms with van der Waals surface area (Å²) in [5, 5.41) is 0.729. The average Bonchev–Trinajstić information content (AvgIpc) is 3.06. The number of benzene rings is 3. The molecule has 6 heteroatoms. The second-order valence-electron chi connectivity index (χ2n) is 7.27. The second kappa shape index (κ2) is 7.91. The normalized spacial score (nSPS) is 16.7. The van der Waals surface area contributed by atoms with Crippen LogP contribution in [0.4, 0.5) is 0 Å². The third-order valence-corrected chi connectivity index (χ3v) is 6.04. The SMILES string of the molecule is O=C1/C(=C/c2cccc(Br)c2)Oc2c1ccc1c2CN(Cc2ccccc2Cl)CO1. The van der Waals surface area contributed by atoms with E-state index in [1.807, 2.05) is 54.6 Å². The van der Waals surface area contributed by atoms with Crippen molar-refractivity contribution in [2.24, 2.45) is 0 Å². The summed E-state index contributed by atoms with van der Waals surface area (Å²) in [6.07, 6.45) is 1.77. The summed E-state index contributed by atoms with van der Waals surface area (Å²) in [6, 6.07) is 19.1. The van der Waals surface area contributed by atoms with Crippen LogP contribution in [0.2, 0.25) is 5.02 Å². The molecule has 3 aromatic rings. The third kappa shape index (κ3) is 3.65. The highest BCUT2D eigenvalue weighted by Crippen LogP contribution is 2.42. The largest absolute Gasteiger partial charge is 0.478 e. The molecule has 0 bridgehead atoms. The van der Waals surface area contributed by atoms with Gasteiger partial charge in [0.15, 0.2) is 5.76 Å². The number of ether oxygens (including phenoxy) is 2. The summed E-state index contributed by atoms with van der Waals surface area (Å²) in [4.78, 5) is 15.0. The molecule has 2 aliphatic rings. The zero-order valence-electron chi connectivity index (χ0n) is 15.9. The van der Waals surface area contributed by atoms with Crippen molar-refractivity contribution in [3.05, 3.63) is 98.2 Å². The third-order valence-electron chi connectivity index (χ3n) is 5.18. The number of Topliss-reactive ketones (excluding diaryl/α,β-unsaturated/α-hetero) is 1. The molecule has 150 valence electrons. The Morgan fingerprint density at radius 3 is 2.80 bits per heavy atom. The highest BCUT2D eigenvalue weighted by atomic mass is 79.9. The molecule has 4 nitrogen and oxygen atoms in total. The van der Waals surface area contributed by atoms with Crippen molar-refractivity contribution < 1.29 is 14.3 Å². The minimum atomic E-state index is -0.115. The van der Waals surface area contributed by atoms with Crippen LogP contribution in [0.25, 0.3) is 6.08 Å². The molecule has 0 N–H and O–H groups in total. The van der Waals surface area contributed by atoms with Crippen molar-refractivity contribution in [1.82, 2.24) is 4.90 Å². The molecular weight excluding hydrogens is 466 g/mol. The molecule has 2 heterocycles. The molecule has 0 saturated carbocycles. The van der Waals surface area contributed by atoms with Gasteiger partial charge in [-0.2, -0.15) is 0 Å². The Bertz CT molecular complexity index is 1190. The highest BCUT2D eigenvalue weighted by Gasteiger charge is 2.33. The van der Waals surface area contributed by atoms with Crippen molar-refractivity contribution in [2.45, 2.75) is 13.1 Å². The van der Waals surface area contributed by atoms with Crippen molar-refractivity contribution in [1.29, 1.82) is 0 Å². The van der Waals surface area contributed by atoms with E-state index in [1.54, 1.807) is 12.1 Å². The number of nitrogens with zero attached hydrogens (tertiary/aromatic N) is 1. The van der Waals surface area contributed by atoms with Crippen molar-refractivity contribution in [2.75, 3.05) is 6.73 Å². The van der Waals surface area contributed by atoms with Gasteiger partial charge in [0, 0.05) is 22.6 Å². The predicted molar refractivity (Wildman–Crippen MR) is 120 cm³/mol. The van der Waals surface area contributed by atoms with Gasteiger partial charge in [0.1, 0.15) is 18.2 Å². The van der Waals surface area contributed by atoms with Gasteiger partial charge in [-0.25, -0.2) is 0 Å². The lowest BCUT2D eigenvalue weighted by molar-refractivity contribution is 0.0873. The van der Waals surface area contributed by atoms with Crippen LogP contribution in [0.3, 0.4) is 0 Å². The number of rotatable bonds is 3. The molecule has 5 rings (SSSR count). The van der Waals surface area contributed by atoms with E-state index < -0.39 is 0 Å². The first kappa shape index (κ1) is 19.4. The van der Waals surface area contributed by atoms with E-state index in [0.717, 1.165) is 31.9 Å². The Labute approximate surface area is 187 Å². The van der Waals surface area contributed by atoms with Gasteiger partial charge in [-0.3, -0.25) is 9.69 Å². The minimum Gasteiger partial charge on any atom is -0.478 e. The molecule has 0 spiro atoms. The van der Waals surface area contributed by atoms with Crippen LogP contribution in [0.1, 0.15) is 27.0 Å². The van der Waals surface area contributed by atoms with Crippen molar-refractivity contribution >= 4 is 39.4 Å². The van der Waals surface area contributed by atoms with E-state index in [1.165, 1.54) is 0 Å². The van der Waals surface area contributed by atoms with Gasteiger partial charge in [-0.05, 0) is 47.5 Å². The van der Waals surface area contributed by atoms with Crippen molar-refractivity contribution in [3.63, 3.8) is 0 Å². The number of hydrogen-bond donors (Lipinski definition) is 0. The summed E-state index contributed by atoms with van der Waals surface area (Å²) in [5.74, 6) is 1.54. The smallest absolute Gasteiger partial charge is 0.231 e. The summed E-state index contributed by atoms with van der Waals surface area (Å²) < 4.78 is 12.9. The van der Waals surface area contributed by atoms with E-state index in [-0.39, 0.29) is 5.78 Å². The van der Waals surface area contributed by atoms with Crippen LogP contribution in [0.15, 0.2) is 70.9 Å². The maximum atomic E-state index is 12.9. The molecule has 0 unspecified atom stereocenters. The lowest BCUT2D eigenvalue weighted by Crippen LogP contribution is -2.31. The average molecular weight is 483 g/mol. The number of allylic oxidation sites excluding steroid dienone is 1. The van der Waals surface area contributed by atoms with E-state index in [9.17, 15) is 4.79 Å². The maximum absolute atomic E-state index is 12.9. The number of carbonyl (C=O) groups is 1. The Kier molecular flexibility index (Phi) is 5.11. The molecule has 2 aliphatic heterocycles. The monoisotopic (exact) mass is 481 g/mol. The van der Waals surface area contributed by atoms with Gasteiger partial charge in [0.25, 0.3) is 0 Å². The highest BCUT2D eigenvalue weighted by molar-refractivity contribution is 9.10. The Morgan fingerprint density at radius 1 is 1.10 bits per heavy atom. The second-order valence-corrected chi connectivity index (χ2v) is 8.59. The molecule has 0 radical (unpaired) electrons. The van der Waals surface area contributed by atoms with E-state index in [2.05, 4.69) is 20.8 Å². The molecule has 0 fully saturated rings. The van der Waals surface area contributed by atoms with E-state index >= 15 is 0 Å². The number of hydrogen-bond acceptors (Lipinski definition) is 4. The predicted octanol–water partition coefficient (Wildman–Crippen LogP) is 6.07. The van der Waals surface area contributed by atoms with E-state index in [0.29, 0.717) is 36.9 Å². The lowest BCUT2D eigenvalue weighted by Gasteiger charge is -2.30. The van der Waals surface area contributed by atoms with Crippen LogP contribution in [0.5, 0.6) is 11.5 Å². The molecule has 0 aromatic heterocycles. The van der Waals surface area contributed by atoms with Gasteiger partial charge < -0.3 is 9.47 Å². The van der Waals surface area contributed by atoms with Gasteiger partial charge in [0.05, 0.1) is 11.1 Å². The van der Waals surface area contributed by atoms with Crippen LogP contribution in [-0.2, 0) is 13.1 Å². The fraction of sp³-hybridized carbons (Fsp3) is 0.125. The van der Waals surface area contributed by atoms with Gasteiger partial charge in [-0.1, -0.05) is 57.9 Å². The van der Waals surface area contributed by atoms with Crippen molar-refractivity contribution in [3.8, 4) is 11.5 Å². The van der Waals surface area contributed by atoms with Crippen LogP contribution >= 0.6 is 27.5 Å². The van der Waals surface area contributed by atoms with E-state index in [4.69, 9.17) is 21.1 Å². The summed E-state index contributed by atoms with van der Waals surface area (Å²) in [5.41, 5.74) is 3.38. The first-order valence-electron chi connectivity index (χ1n) is 9.53. The molecule has 3 aromatic carbocycles. The molecule has 0 atom stereocenters. The summed E-state index contributed by atoms with van der Waals surface area (Å²) >= 11 is 9.77. The number of carbonyl (C=O) groups excluding carboxylic acids is 1. The van der Waals surface area contributed by atoms with Gasteiger partial charge in [-0.15, -0.1) is 0 Å². The zero-order chi connectivity index (χ0) is 20.7. The van der Waals surface area contributed by atoms with Gasteiger partial charge in [0.2, 0.25) is 5.78 Å². The summed E-state index contributed by atoms with van der Waals surface area (Å²) in [7, 11) is 0. The van der Waals surface area contributed by atoms with Crippen LogP contribution < -0.4 is 9.47 Å². The molecule has 0 aliphatic carbocycles. The van der Waals surface area contributed by atoms with Crippen LogP contribution in [-0.4, -0.2) is 17.4 Å². The maximum Gasteiger partial charge on any atom is 0.231 e. The summed E-state index contributed by atoms with van der Waals surface area (Å²) in [6.45, 7) is 1.71. The van der Waals surface area contributed by atoms with Crippen LogP contribution in [0, 0.1) is 0 Å². The Hall–Kier alpha value is -2.60. The Morgan fingerprint density at radius 2 is 1.97 bits per heavy atom. The number of ketones is 1. The minimum absolute atomic E-state index is 0.115. The fourth-order valence-electron chi connectivity index (χ4n) is 3.72. The lowest BCUT2D eigenvalue weighted by atomic mass is 10.0. The standard InChI is InChI=1S/C24H17BrClNO3/c25-17-6-3-4-15(10-17)11-22-23(28)18-8-9-21-19(24(18)30-22)13-27(14-29-21)12-16-5-1-2-7-20(16)26/h1-11H,12-14H2/b22-11-. The quantitative estimate of drug-likeness (QED) is 0.425. The molecule has 30 heavy (non-hydrogen) atoms. The van der Waals surface area contributed by atoms with Gasteiger partial charge >= 0.3 is 0 Å². The fourth-order valence-corrected chi connectivity index (χ4v) is 4.33. The molecule has 0 saturated heterocycles. The first-order chi connectivity index (χ1) is 14.6. The topological polar surface area (TPSA) is 38.8 Å². The zero-order valence-corrected chi connectivity index (χ0v) is 18.2. The molecular formula is C24H17BrClNO3.